The minimum Gasteiger partial charge on any atom is -0.491 e. The van der Waals surface area contributed by atoms with Crippen molar-refractivity contribution < 1.29 is 9.53 Å². The Labute approximate surface area is 208 Å². The molecular weight excluding hydrogens is 434 g/mol. The molecule has 0 saturated heterocycles. The number of ether oxygens (including phenoxy) is 1. The largest absolute Gasteiger partial charge is 0.491 e. The summed E-state index contributed by atoms with van der Waals surface area (Å²) < 4.78 is 8.42. The van der Waals surface area contributed by atoms with Crippen LogP contribution in [0.4, 0.5) is 0 Å². The molecule has 2 aromatic carbocycles. The summed E-state index contributed by atoms with van der Waals surface area (Å²) in [7, 11) is 0. The number of rotatable bonds is 8. The molecule has 4 aliphatic rings. The molecule has 0 aliphatic heterocycles. The lowest BCUT2D eigenvalue weighted by atomic mass is 9.49. The molecule has 1 heterocycles. The highest BCUT2D eigenvalue weighted by atomic mass is 16.5. The van der Waals surface area contributed by atoms with Crippen molar-refractivity contribution in [2.24, 2.45) is 23.2 Å². The maximum absolute atomic E-state index is 13.4. The summed E-state index contributed by atoms with van der Waals surface area (Å²) >= 11 is 0. The van der Waals surface area contributed by atoms with Crippen LogP contribution in [-0.2, 0) is 17.8 Å². The molecule has 4 aliphatic carbocycles. The molecular formula is C30H37N3O2. The number of hydrogen-bond acceptors (Lipinski definition) is 3. The molecule has 0 radical (unpaired) electrons. The van der Waals surface area contributed by atoms with E-state index in [1.54, 1.807) is 0 Å². The summed E-state index contributed by atoms with van der Waals surface area (Å²) in [4.78, 5) is 18.3. The lowest BCUT2D eigenvalue weighted by Crippen LogP contribution is -2.53. The van der Waals surface area contributed by atoms with E-state index in [2.05, 4.69) is 48.0 Å². The third-order valence-electron chi connectivity index (χ3n) is 9.02. The van der Waals surface area contributed by atoms with E-state index < -0.39 is 0 Å². The van der Waals surface area contributed by atoms with Gasteiger partial charge in [-0.2, -0.15) is 0 Å². The summed E-state index contributed by atoms with van der Waals surface area (Å²) in [5, 5.41) is 3.33. The Morgan fingerprint density at radius 2 is 1.74 bits per heavy atom. The van der Waals surface area contributed by atoms with E-state index in [1.165, 1.54) is 30.4 Å². The highest BCUT2D eigenvalue weighted by Crippen LogP contribution is 2.60. The molecule has 4 saturated carbocycles. The minimum atomic E-state index is -0.0889. The van der Waals surface area contributed by atoms with Gasteiger partial charge < -0.3 is 14.6 Å². The Bertz CT molecular complexity index is 1210. The van der Waals surface area contributed by atoms with Crippen molar-refractivity contribution >= 4 is 16.9 Å². The number of aromatic nitrogens is 2. The monoisotopic (exact) mass is 471 g/mol. The summed E-state index contributed by atoms with van der Waals surface area (Å²) in [5.41, 5.74) is 4.47. The van der Waals surface area contributed by atoms with Crippen molar-refractivity contribution in [3.8, 4) is 5.75 Å². The van der Waals surface area contributed by atoms with Crippen molar-refractivity contribution in [1.82, 2.24) is 14.9 Å². The first-order valence-corrected chi connectivity index (χ1v) is 13.4. The second-order valence-electron chi connectivity index (χ2n) is 11.4. The Morgan fingerprint density at radius 1 is 1.03 bits per heavy atom. The van der Waals surface area contributed by atoms with E-state index in [0.717, 1.165) is 72.6 Å². The highest BCUT2D eigenvalue weighted by molar-refractivity contribution is 5.83. The second kappa shape index (κ2) is 9.00. The molecule has 1 aromatic heterocycles. The Morgan fingerprint density at radius 3 is 2.49 bits per heavy atom. The van der Waals surface area contributed by atoms with Crippen LogP contribution in [0, 0.1) is 37.0 Å². The fraction of sp³-hybridized carbons (Fsp3) is 0.533. The quantitative estimate of drug-likeness (QED) is 0.465. The first kappa shape index (κ1) is 22.6. The van der Waals surface area contributed by atoms with Crippen LogP contribution < -0.4 is 10.1 Å². The molecule has 4 bridgehead atoms. The fourth-order valence-electron chi connectivity index (χ4n) is 7.56. The van der Waals surface area contributed by atoms with Crippen molar-refractivity contribution in [2.45, 2.75) is 65.3 Å². The molecule has 0 atom stereocenters. The molecule has 3 aromatic rings. The van der Waals surface area contributed by atoms with Crippen molar-refractivity contribution in [3.05, 3.63) is 59.4 Å². The number of carbonyl (C=O) groups excluding carboxylic acids is 1. The highest BCUT2D eigenvalue weighted by Gasteiger charge is 2.54. The van der Waals surface area contributed by atoms with Crippen LogP contribution >= 0.6 is 0 Å². The van der Waals surface area contributed by atoms with Crippen LogP contribution in [0.1, 0.15) is 55.5 Å². The number of amides is 1. The van der Waals surface area contributed by atoms with Gasteiger partial charge in [-0.25, -0.2) is 4.98 Å². The van der Waals surface area contributed by atoms with Crippen LogP contribution in [-0.4, -0.2) is 28.6 Å². The zero-order valence-corrected chi connectivity index (χ0v) is 21.1. The normalized spacial score (nSPS) is 26.9. The van der Waals surface area contributed by atoms with E-state index in [0.29, 0.717) is 19.1 Å². The van der Waals surface area contributed by atoms with E-state index in [9.17, 15) is 4.79 Å². The van der Waals surface area contributed by atoms with Gasteiger partial charge in [0.2, 0.25) is 5.91 Å². The lowest BCUT2D eigenvalue weighted by Gasteiger charge is -2.55. The number of nitrogens with one attached hydrogen (secondary N) is 1. The van der Waals surface area contributed by atoms with Crippen LogP contribution in [0.15, 0.2) is 42.5 Å². The number of imidazole rings is 1. The first-order valence-electron chi connectivity index (χ1n) is 13.4. The van der Waals surface area contributed by atoms with Crippen molar-refractivity contribution in [2.75, 3.05) is 13.2 Å². The van der Waals surface area contributed by atoms with Gasteiger partial charge in [0.1, 0.15) is 18.2 Å². The number of para-hydroxylation sites is 2. The average Bonchev–Trinajstić information content (AvgIpc) is 3.18. The number of benzene rings is 2. The van der Waals surface area contributed by atoms with Gasteiger partial charge in [0.25, 0.3) is 0 Å². The minimum absolute atomic E-state index is 0.0889. The van der Waals surface area contributed by atoms with Gasteiger partial charge in [-0.1, -0.05) is 24.3 Å². The average molecular weight is 472 g/mol. The Hall–Kier alpha value is -2.82. The number of fused-ring (bicyclic) bond motifs is 1. The van der Waals surface area contributed by atoms with Crippen LogP contribution in [0.25, 0.3) is 11.0 Å². The fourth-order valence-corrected chi connectivity index (χ4v) is 7.56. The number of nitrogens with zero attached hydrogens (tertiary/aromatic N) is 2. The summed E-state index contributed by atoms with van der Waals surface area (Å²) in [6.07, 6.45) is 8.15. The molecule has 35 heavy (non-hydrogen) atoms. The standard InChI is InChI=1S/C30H37N3O2/c1-20-6-5-9-27(21(20)2)35-13-12-33-26-8-4-3-7-25(26)32-28(33)10-11-31-29(34)30-17-22-14-23(18-30)16-24(15-22)19-30/h3-9,22-24H,10-19H2,1-2H3,(H,31,34). The zero-order chi connectivity index (χ0) is 24.0. The lowest BCUT2D eigenvalue weighted by molar-refractivity contribution is -0.146. The number of hydrogen-bond donors (Lipinski definition) is 1. The molecule has 7 rings (SSSR count). The molecule has 1 amide bonds. The predicted octanol–water partition coefficient (Wildman–Crippen LogP) is 5.61. The van der Waals surface area contributed by atoms with Crippen LogP contribution in [0.3, 0.4) is 0 Å². The predicted molar refractivity (Wildman–Crippen MR) is 138 cm³/mol. The third-order valence-corrected chi connectivity index (χ3v) is 9.02. The zero-order valence-electron chi connectivity index (χ0n) is 21.1. The molecule has 1 N–H and O–H groups in total. The van der Waals surface area contributed by atoms with E-state index in [1.807, 2.05) is 18.2 Å². The molecule has 184 valence electrons. The molecule has 5 heteroatoms. The Balaban J connectivity index is 1.12. The van der Waals surface area contributed by atoms with Gasteiger partial charge in [0, 0.05) is 18.4 Å². The molecule has 4 fully saturated rings. The van der Waals surface area contributed by atoms with Crippen LogP contribution in [0.5, 0.6) is 5.75 Å². The van der Waals surface area contributed by atoms with E-state index >= 15 is 0 Å². The maximum Gasteiger partial charge on any atom is 0.226 e. The van der Waals surface area contributed by atoms with E-state index in [4.69, 9.17) is 9.72 Å². The van der Waals surface area contributed by atoms with Gasteiger partial charge >= 0.3 is 0 Å². The smallest absolute Gasteiger partial charge is 0.226 e. The molecule has 5 nitrogen and oxygen atoms in total. The Kier molecular flexibility index (Phi) is 5.82. The summed E-state index contributed by atoms with van der Waals surface area (Å²) in [5.74, 6) is 4.62. The van der Waals surface area contributed by atoms with E-state index in [-0.39, 0.29) is 5.41 Å². The number of aryl methyl sites for hydroxylation is 1. The SMILES string of the molecule is Cc1cccc(OCCn2c(CCNC(=O)C34CC5CC(CC(C5)C3)C4)nc3ccccc32)c1C. The van der Waals surface area contributed by atoms with Crippen LogP contribution in [0.2, 0.25) is 0 Å². The van der Waals surface area contributed by atoms with Crippen molar-refractivity contribution in [1.29, 1.82) is 0 Å². The van der Waals surface area contributed by atoms with Gasteiger partial charge in [0.15, 0.2) is 0 Å². The summed E-state index contributed by atoms with van der Waals surface area (Å²) in [6, 6.07) is 14.5. The van der Waals surface area contributed by atoms with Gasteiger partial charge in [0.05, 0.1) is 17.6 Å². The topological polar surface area (TPSA) is 56.1 Å². The molecule has 0 spiro atoms. The van der Waals surface area contributed by atoms with Crippen molar-refractivity contribution in [3.63, 3.8) is 0 Å². The number of carbonyl (C=O) groups is 1. The van der Waals surface area contributed by atoms with Gasteiger partial charge in [-0.3, -0.25) is 4.79 Å². The summed E-state index contributed by atoms with van der Waals surface area (Å²) in [6.45, 7) is 6.17. The third kappa shape index (κ3) is 4.23. The van der Waals surface area contributed by atoms with Gasteiger partial charge in [-0.15, -0.1) is 0 Å². The maximum atomic E-state index is 13.4. The second-order valence-corrected chi connectivity index (χ2v) is 11.4. The molecule has 0 unspecified atom stereocenters. The van der Waals surface area contributed by atoms with Gasteiger partial charge in [-0.05, 0) is 99.5 Å². The first-order chi connectivity index (χ1) is 17.0.